The predicted octanol–water partition coefficient (Wildman–Crippen LogP) is 2.26. The molecule has 0 amide bonds. The van der Waals surface area contributed by atoms with E-state index >= 15 is 0 Å². The van der Waals surface area contributed by atoms with Crippen molar-refractivity contribution in [2.45, 2.75) is 20.0 Å². The quantitative estimate of drug-likeness (QED) is 0.684. The van der Waals surface area contributed by atoms with Crippen molar-refractivity contribution in [3.63, 3.8) is 0 Å². The van der Waals surface area contributed by atoms with Crippen LogP contribution >= 0.6 is 0 Å². The molecule has 82 valence electrons. The fourth-order valence-corrected chi connectivity index (χ4v) is 2.69. The maximum Gasteiger partial charge on any atom is 0.411 e. The second-order valence-electron chi connectivity index (χ2n) is 3.52. The predicted molar refractivity (Wildman–Crippen MR) is 59.2 cm³/mol. The van der Waals surface area contributed by atoms with E-state index < -0.39 is 21.3 Å². The zero-order chi connectivity index (χ0) is 11.5. The number of aryl methyl sites for hydroxylation is 1. The molecule has 0 saturated heterocycles. The summed E-state index contributed by atoms with van der Waals surface area (Å²) in [6, 6.07) is 7.60. The van der Waals surface area contributed by atoms with E-state index in [1.165, 1.54) is 5.70 Å². The van der Waals surface area contributed by atoms with E-state index in [1.54, 1.807) is 0 Å². The number of hydrogen-bond donors (Lipinski definition) is 0. The van der Waals surface area contributed by atoms with Crippen molar-refractivity contribution >= 4 is 14.7 Å². The van der Waals surface area contributed by atoms with Crippen LogP contribution in [-0.4, -0.2) is 15.7 Å². The van der Waals surface area contributed by atoms with Crippen LogP contribution in [-0.2, 0) is 0 Å². The van der Waals surface area contributed by atoms with E-state index in [1.807, 2.05) is 31.2 Å². The molecule has 0 spiro atoms. The number of halogens is 3. The lowest BCUT2D eigenvalue weighted by Crippen LogP contribution is -2.18. The molecule has 15 heavy (non-hydrogen) atoms. The van der Waals surface area contributed by atoms with Gasteiger partial charge in [-0.25, -0.2) is 0 Å². The molecule has 1 rings (SSSR count). The van der Waals surface area contributed by atoms with Crippen LogP contribution in [0.5, 0.6) is 0 Å². The second-order valence-corrected chi connectivity index (χ2v) is 5.09. The third kappa shape index (κ3) is 3.55. The van der Waals surface area contributed by atoms with Crippen molar-refractivity contribution in [3.05, 3.63) is 41.1 Å². The molecule has 0 atom stereocenters. The Morgan fingerprint density at radius 2 is 1.87 bits per heavy atom. The lowest BCUT2D eigenvalue weighted by molar-refractivity contribution is -0.0911. The highest BCUT2D eigenvalue weighted by atomic mass is 28.2. The lowest BCUT2D eigenvalue weighted by atomic mass is 10.2. The van der Waals surface area contributed by atoms with Crippen LogP contribution in [0.25, 0.3) is 0 Å². The Hall–Kier alpha value is -1.03. The van der Waals surface area contributed by atoms with Gasteiger partial charge in [0.25, 0.3) is 0 Å². The van der Waals surface area contributed by atoms with Crippen LogP contribution < -0.4 is 5.19 Å². The van der Waals surface area contributed by atoms with Gasteiger partial charge in [0, 0.05) is 5.57 Å². The molecular formula is C11H13F3Si. The SMILES string of the molecule is CC(=C[SiH2]c1ccccc1C)C(F)(F)F. The Morgan fingerprint density at radius 1 is 1.27 bits per heavy atom. The van der Waals surface area contributed by atoms with E-state index in [0.717, 1.165) is 17.7 Å². The summed E-state index contributed by atoms with van der Waals surface area (Å²) in [4.78, 5) is 0. The van der Waals surface area contributed by atoms with Crippen molar-refractivity contribution in [1.29, 1.82) is 0 Å². The van der Waals surface area contributed by atoms with E-state index in [-0.39, 0.29) is 0 Å². The van der Waals surface area contributed by atoms with Crippen LogP contribution in [0.3, 0.4) is 0 Å². The molecule has 1 aromatic rings. The van der Waals surface area contributed by atoms with Crippen molar-refractivity contribution in [1.82, 2.24) is 0 Å². The van der Waals surface area contributed by atoms with Gasteiger partial charge in [0.15, 0.2) is 0 Å². The first-order valence-electron chi connectivity index (χ1n) is 4.69. The summed E-state index contributed by atoms with van der Waals surface area (Å²) >= 11 is 0. The molecule has 0 aliphatic rings. The van der Waals surface area contributed by atoms with Crippen molar-refractivity contribution < 1.29 is 13.2 Å². The highest BCUT2D eigenvalue weighted by molar-refractivity contribution is 6.59. The minimum absolute atomic E-state index is 0.475. The molecule has 0 nitrogen and oxygen atoms in total. The Balaban J connectivity index is 2.77. The van der Waals surface area contributed by atoms with Gasteiger partial charge >= 0.3 is 6.18 Å². The molecule has 0 fully saturated rings. The lowest BCUT2D eigenvalue weighted by Gasteiger charge is -2.07. The third-order valence-corrected chi connectivity index (χ3v) is 4.39. The van der Waals surface area contributed by atoms with Gasteiger partial charge in [-0.15, -0.1) is 0 Å². The summed E-state index contributed by atoms with van der Waals surface area (Å²) in [6.07, 6.45) is -4.17. The van der Waals surface area contributed by atoms with Gasteiger partial charge in [-0.2, -0.15) is 13.2 Å². The summed E-state index contributed by atoms with van der Waals surface area (Å²) in [7, 11) is -0.950. The van der Waals surface area contributed by atoms with Crippen molar-refractivity contribution in [3.8, 4) is 0 Å². The molecule has 0 aliphatic heterocycles. The number of benzene rings is 1. The van der Waals surface area contributed by atoms with Crippen LogP contribution in [0.1, 0.15) is 12.5 Å². The number of allylic oxidation sites excluding steroid dienone is 1. The van der Waals surface area contributed by atoms with Gasteiger partial charge in [0.05, 0.1) is 9.52 Å². The van der Waals surface area contributed by atoms with Gasteiger partial charge in [0.1, 0.15) is 0 Å². The first-order valence-corrected chi connectivity index (χ1v) is 6.22. The molecule has 1 aromatic carbocycles. The third-order valence-electron chi connectivity index (χ3n) is 2.34. The van der Waals surface area contributed by atoms with Crippen LogP contribution in [0.4, 0.5) is 13.2 Å². The molecular weight excluding hydrogens is 217 g/mol. The van der Waals surface area contributed by atoms with Gasteiger partial charge in [0.2, 0.25) is 0 Å². The summed E-state index contributed by atoms with van der Waals surface area (Å²) in [5, 5.41) is 1.07. The molecule has 0 saturated carbocycles. The van der Waals surface area contributed by atoms with Gasteiger partial charge < -0.3 is 0 Å². The highest BCUT2D eigenvalue weighted by Crippen LogP contribution is 2.24. The summed E-state index contributed by atoms with van der Waals surface area (Å²) in [5.41, 5.74) is 1.97. The standard InChI is InChI=1S/C11H13F3Si/c1-8-5-3-4-6-10(8)15-7-9(2)11(12,13)14/h3-7H,15H2,1-2H3. The maximum absolute atomic E-state index is 12.2. The van der Waals surface area contributed by atoms with Crippen LogP contribution in [0.15, 0.2) is 35.5 Å². The average molecular weight is 230 g/mol. The molecule has 0 radical (unpaired) electrons. The zero-order valence-electron chi connectivity index (χ0n) is 8.73. The molecule has 0 bridgehead atoms. The molecule has 0 aromatic heterocycles. The number of alkyl halides is 3. The molecule has 0 heterocycles. The van der Waals surface area contributed by atoms with Gasteiger partial charge in [-0.3, -0.25) is 0 Å². The molecule has 4 heteroatoms. The smallest absolute Gasteiger partial charge is 0.167 e. The maximum atomic E-state index is 12.2. The first kappa shape index (κ1) is 12.0. The van der Waals surface area contributed by atoms with E-state index in [4.69, 9.17) is 0 Å². The largest absolute Gasteiger partial charge is 0.411 e. The second kappa shape index (κ2) is 4.66. The molecule has 0 unspecified atom stereocenters. The average Bonchev–Trinajstić information content (AvgIpc) is 2.14. The van der Waals surface area contributed by atoms with E-state index in [9.17, 15) is 13.2 Å². The number of rotatable bonds is 2. The normalized spacial score (nSPS) is 13.8. The Bertz CT molecular complexity index is 366. The van der Waals surface area contributed by atoms with Crippen LogP contribution in [0, 0.1) is 6.92 Å². The number of hydrogen-bond acceptors (Lipinski definition) is 0. The van der Waals surface area contributed by atoms with Gasteiger partial charge in [-0.05, 0) is 13.8 Å². The highest BCUT2D eigenvalue weighted by Gasteiger charge is 2.29. The fraction of sp³-hybridized carbons (Fsp3) is 0.273. The van der Waals surface area contributed by atoms with Crippen molar-refractivity contribution in [2.24, 2.45) is 0 Å². The minimum atomic E-state index is -4.17. The topological polar surface area (TPSA) is 0 Å². The summed E-state index contributed by atoms with van der Waals surface area (Å²) < 4.78 is 36.6. The van der Waals surface area contributed by atoms with Crippen LogP contribution in [0.2, 0.25) is 0 Å². The minimum Gasteiger partial charge on any atom is -0.167 e. The van der Waals surface area contributed by atoms with Gasteiger partial charge in [-0.1, -0.05) is 40.7 Å². The van der Waals surface area contributed by atoms with E-state index in [0.29, 0.717) is 0 Å². The molecule has 0 N–H and O–H groups in total. The monoisotopic (exact) mass is 230 g/mol. The Kier molecular flexibility index (Phi) is 3.74. The molecule has 0 aliphatic carbocycles. The van der Waals surface area contributed by atoms with Crippen molar-refractivity contribution in [2.75, 3.05) is 0 Å². The Labute approximate surface area is 89.6 Å². The summed E-state index contributed by atoms with van der Waals surface area (Å²) in [6.45, 7) is 3.06. The zero-order valence-corrected chi connectivity index (χ0v) is 10.1. The Morgan fingerprint density at radius 3 is 2.40 bits per heavy atom. The first-order chi connectivity index (χ1) is 6.91. The summed E-state index contributed by atoms with van der Waals surface area (Å²) in [5.74, 6) is 0. The van der Waals surface area contributed by atoms with E-state index in [2.05, 4.69) is 0 Å². The fourth-order valence-electron chi connectivity index (χ4n) is 1.22.